The Kier molecular flexibility index (Phi) is 4.70. The highest BCUT2D eigenvalue weighted by Crippen LogP contribution is 2.31. The van der Waals surface area contributed by atoms with Crippen molar-refractivity contribution in [3.8, 4) is 28.3 Å². The number of hydrogen-bond acceptors (Lipinski definition) is 6. The summed E-state index contributed by atoms with van der Waals surface area (Å²) in [5.41, 5.74) is 9.12. The quantitative estimate of drug-likeness (QED) is 0.410. The second kappa shape index (κ2) is 7.89. The molecule has 0 unspecified atom stereocenters. The third-order valence-electron chi connectivity index (χ3n) is 5.77. The lowest BCUT2D eigenvalue weighted by molar-refractivity contribution is 0.402. The molecule has 0 aliphatic carbocycles. The van der Waals surface area contributed by atoms with Crippen LogP contribution in [0.3, 0.4) is 0 Å². The van der Waals surface area contributed by atoms with Gasteiger partial charge >= 0.3 is 0 Å². The number of aromatic nitrogens is 8. The number of aryl methyl sites for hydroxylation is 1. The molecule has 0 radical (unpaired) electrons. The lowest BCUT2D eigenvalue weighted by atomic mass is 10.1. The minimum atomic E-state index is 0.762. The van der Waals surface area contributed by atoms with E-state index in [1.807, 2.05) is 68.7 Å². The van der Waals surface area contributed by atoms with Crippen molar-refractivity contribution >= 4 is 21.9 Å². The van der Waals surface area contributed by atoms with Crippen molar-refractivity contribution in [1.82, 2.24) is 44.6 Å². The first-order valence-electron chi connectivity index (χ1n) is 11.0. The molecular weight excluding hydrogens is 426 g/mol. The molecule has 9 heteroatoms. The average molecular weight is 450 g/mol. The second-order valence-electron chi connectivity index (χ2n) is 8.71. The highest BCUT2D eigenvalue weighted by Gasteiger charge is 2.16. The van der Waals surface area contributed by atoms with Crippen LogP contribution in [0, 0.1) is 6.92 Å². The fourth-order valence-electron chi connectivity index (χ4n) is 4.25. The number of hydrogen-bond donors (Lipinski definition) is 2. The Morgan fingerprint density at radius 2 is 1.88 bits per heavy atom. The smallest absolute Gasteiger partial charge is 0.135 e. The number of rotatable bonds is 5. The molecule has 0 aliphatic heterocycles. The molecule has 0 amide bonds. The fourth-order valence-corrected chi connectivity index (χ4v) is 4.25. The summed E-state index contributed by atoms with van der Waals surface area (Å²) in [5.74, 6) is 0. The molecular formula is C25H23N9. The van der Waals surface area contributed by atoms with E-state index >= 15 is 0 Å². The van der Waals surface area contributed by atoms with Crippen LogP contribution in [0.4, 0.5) is 0 Å². The molecule has 0 bridgehead atoms. The van der Waals surface area contributed by atoms with Gasteiger partial charge in [-0.3, -0.25) is 15.1 Å². The third kappa shape index (κ3) is 3.52. The van der Waals surface area contributed by atoms with Crippen molar-refractivity contribution in [3.05, 3.63) is 72.8 Å². The summed E-state index contributed by atoms with van der Waals surface area (Å²) in [6.45, 7) is 2.79. The minimum Gasteiger partial charge on any atom is -0.352 e. The van der Waals surface area contributed by atoms with E-state index in [1.165, 1.54) is 0 Å². The lowest BCUT2D eigenvalue weighted by Crippen LogP contribution is -2.10. The maximum Gasteiger partial charge on any atom is 0.135 e. The Labute approximate surface area is 195 Å². The molecule has 0 saturated heterocycles. The van der Waals surface area contributed by atoms with Gasteiger partial charge in [0.25, 0.3) is 0 Å². The van der Waals surface area contributed by atoms with E-state index in [4.69, 9.17) is 4.98 Å². The number of fused-ring (bicyclic) bond motifs is 2. The van der Waals surface area contributed by atoms with Gasteiger partial charge in [0.15, 0.2) is 0 Å². The Morgan fingerprint density at radius 1 is 1.00 bits per heavy atom. The molecule has 0 atom stereocenters. The van der Waals surface area contributed by atoms with E-state index in [-0.39, 0.29) is 0 Å². The molecule has 0 aliphatic rings. The Morgan fingerprint density at radius 3 is 2.71 bits per heavy atom. The van der Waals surface area contributed by atoms with Gasteiger partial charge < -0.3 is 14.5 Å². The van der Waals surface area contributed by atoms with Gasteiger partial charge in [-0.05, 0) is 50.8 Å². The van der Waals surface area contributed by atoms with E-state index in [9.17, 15) is 0 Å². The van der Waals surface area contributed by atoms with Crippen LogP contribution < -0.4 is 0 Å². The maximum absolute atomic E-state index is 4.96. The molecule has 0 aromatic carbocycles. The predicted octanol–water partition coefficient (Wildman–Crippen LogP) is 4.12. The van der Waals surface area contributed by atoms with Crippen LogP contribution in [0.1, 0.15) is 11.3 Å². The van der Waals surface area contributed by atoms with Gasteiger partial charge in [0.1, 0.15) is 11.2 Å². The topological polar surface area (TPSA) is 104 Å². The molecule has 6 aromatic rings. The highest BCUT2D eigenvalue weighted by atomic mass is 15.1. The molecule has 34 heavy (non-hydrogen) atoms. The standard InChI is InChI=1S/C25H23N9/c1-15-12-34(14-28-15)23-11-27-10-22-18(23)7-21(29-22)25-24-20(31-32-25)5-4-19(30-24)17-6-16(8-26-9-17)13-33(2)3/h4-12,14,29H,13H2,1-3H3,(H,31,32). The van der Waals surface area contributed by atoms with Gasteiger partial charge in [0.2, 0.25) is 0 Å². The monoisotopic (exact) mass is 449 g/mol. The number of nitrogens with one attached hydrogen (secondary N) is 2. The Balaban J connectivity index is 1.45. The molecule has 0 saturated carbocycles. The average Bonchev–Trinajstić information content (AvgIpc) is 3.55. The first-order valence-corrected chi connectivity index (χ1v) is 11.0. The van der Waals surface area contributed by atoms with Crippen LogP contribution in [0.5, 0.6) is 0 Å². The van der Waals surface area contributed by atoms with Gasteiger partial charge in [-0.25, -0.2) is 9.97 Å². The molecule has 168 valence electrons. The zero-order valence-electron chi connectivity index (χ0n) is 19.1. The van der Waals surface area contributed by atoms with E-state index in [0.29, 0.717) is 0 Å². The van der Waals surface area contributed by atoms with Gasteiger partial charge in [-0.2, -0.15) is 5.10 Å². The molecule has 9 nitrogen and oxygen atoms in total. The minimum absolute atomic E-state index is 0.762. The van der Waals surface area contributed by atoms with Crippen LogP contribution in [-0.2, 0) is 6.54 Å². The Hall–Kier alpha value is -4.37. The van der Waals surface area contributed by atoms with E-state index in [1.54, 1.807) is 6.33 Å². The zero-order valence-corrected chi connectivity index (χ0v) is 19.1. The van der Waals surface area contributed by atoms with E-state index < -0.39 is 0 Å². The van der Waals surface area contributed by atoms with Crippen molar-refractivity contribution in [2.24, 2.45) is 0 Å². The number of nitrogens with zero attached hydrogens (tertiary/aromatic N) is 7. The lowest BCUT2D eigenvalue weighted by Gasteiger charge is -2.10. The molecule has 0 spiro atoms. The van der Waals surface area contributed by atoms with Crippen molar-refractivity contribution in [3.63, 3.8) is 0 Å². The SMILES string of the molecule is Cc1cn(-c2cncc3[nH]c(-c4n[nH]c5ccc(-c6cncc(CN(C)C)c6)nc45)cc23)cn1. The van der Waals surface area contributed by atoms with Gasteiger partial charge in [0, 0.05) is 36.1 Å². The van der Waals surface area contributed by atoms with Crippen molar-refractivity contribution < 1.29 is 0 Å². The highest BCUT2D eigenvalue weighted by molar-refractivity contribution is 5.96. The van der Waals surface area contributed by atoms with Gasteiger partial charge in [-0.15, -0.1) is 0 Å². The fraction of sp³-hybridized carbons (Fsp3) is 0.160. The van der Waals surface area contributed by atoms with Gasteiger partial charge in [-0.1, -0.05) is 0 Å². The largest absolute Gasteiger partial charge is 0.352 e. The third-order valence-corrected chi connectivity index (χ3v) is 5.77. The van der Waals surface area contributed by atoms with Crippen LogP contribution in [0.25, 0.3) is 50.3 Å². The summed E-state index contributed by atoms with van der Waals surface area (Å²) in [6, 6.07) is 8.23. The summed E-state index contributed by atoms with van der Waals surface area (Å²) >= 11 is 0. The van der Waals surface area contributed by atoms with Crippen LogP contribution in [0.15, 0.2) is 61.6 Å². The summed E-state index contributed by atoms with van der Waals surface area (Å²) in [4.78, 5) is 23.7. The first kappa shape index (κ1) is 20.3. The summed E-state index contributed by atoms with van der Waals surface area (Å²) in [6.07, 6.45) is 11.2. The summed E-state index contributed by atoms with van der Waals surface area (Å²) in [7, 11) is 4.09. The Bertz CT molecular complexity index is 1640. The second-order valence-corrected chi connectivity index (χ2v) is 8.71. The summed E-state index contributed by atoms with van der Waals surface area (Å²) < 4.78 is 1.98. The number of H-pyrrole nitrogens is 2. The van der Waals surface area contributed by atoms with Crippen molar-refractivity contribution in [2.45, 2.75) is 13.5 Å². The normalized spacial score (nSPS) is 11.8. The van der Waals surface area contributed by atoms with Crippen LogP contribution in [-0.4, -0.2) is 58.7 Å². The van der Waals surface area contributed by atoms with Crippen LogP contribution >= 0.6 is 0 Å². The van der Waals surface area contributed by atoms with Crippen molar-refractivity contribution in [2.75, 3.05) is 14.1 Å². The molecule has 6 rings (SSSR count). The molecule has 6 heterocycles. The number of pyridine rings is 3. The number of aromatic amines is 2. The first-order chi connectivity index (χ1) is 16.5. The van der Waals surface area contributed by atoms with Gasteiger partial charge in [0.05, 0.1) is 52.5 Å². The molecule has 0 fully saturated rings. The summed E-state index contributed by atoms with van der Waals surface area (Å²) in [5, 5.41) is 8.73. The van der Waals surface area contributed by atoms with E-state index in [2.05, 4.69) is 47.2 Å². The number of imidazole rings is 1. The van der Waals surface area contributed by atoms with Crippen molar-refractivity contribution in [1.29, 1.82) is 0 Å². The predicted molar refractivity (Wildman–Crippen MR) is 131 cm³/mol. The molecule has 2 N–H and O–H groups in total. The zero-order chi connectivity index (χ0) is 23.2. The maximum atomic E-state index is 4.96. The van der Waals surface area contributed by atoms with E-state index in [0.717, 1.165) is 68.1 Å². The molecule has 6 aromatic heterocycles. The van der Waals surface area contributed by atoms with Crippen LogP contribution in [0.2, 0.25) is 0 Å².